The highest BCUT2D eigenvalue weighted by molar-refractivity contribution is 7.86. The first-order chi connectivity index (χ1) is 14.5. The van der Waals surface area contributed by atoms with Crippen molar-refractivity contribution in [3.8, 4) is 0 Å². The summed E-state index contributed by atoms with van der Waals surface area (Å²) in [7, 11) is -5.46. The first-order valence-corrected chi connectivity index (χ1v) is 10.3. The van der Waals surface area contributed by atoms with Crippen molar-refractivity contribution in [3.63, 3.8) is 0 Å². The van der Waals surface area contributed by atoms with Gasteiger partial charge in [-0.05, 0) is 24.0 Å². The van der Waals surface area contributed by atoms with Crippen LogP contribution in [0.15, 0.2) is 34.3 Å². The molecule has 0 aromatic heterocycles. The van der Waals surface area contributed by atoms with Crippen LogP contribution in [0, 0.1) is 35.0 Å². The molecule has 12 heteroatoms. The molecule has 2 aromatic carbocycles. The van der Waals surface area contributed by atoms with Crippen LogP contribution < -0.4 is 0 Å². The molecule has 0 bridgehead atoms. The lowest BCUT2D eigenvalue weighted by atomic mass is 9.94. The molecular formula is C19H18F5NO5S. The molecule has 0 saturated carbocycles. The van der Waals surface area contributed by atoms with Crippen LogP contribution in [0.5, 0.6) is 0 Å². The molecular weight excluding hydrogens is 449 g/mol. The molecule has 0 aliphatic heterocycles. The van der Waals surface area contributed by atoms with Crippen LogP contribution in [0.25, 0.3) is 0 Å². The molecule has 2 unspecified atom stereocenters. The average molecular weight is 467 g/mol. The van der Waals surface area contributed by atoms with Crippen molar-refractivity contribution in [2.24, 2.45) is 11.1 Å². The minimum atomic E-state index is -5.46. The molecule has 0 aliphatic carbocycles. The summed E-state index contributed by atoms with van der Waals surface area (Å²) in [6.45, 7) is 5.06. The van der Waals surface area contributed by atoms with Crippen molar-refractivity contribution >= 4 is 15.8 Å². The number of halogens is 5. The molecule has 0 saturated heterocycles. The SMILES string of the molecule is CCC(C)C(OO)c1ccc(/C(C)=N\OS(=O)(=O)c2c(F)c(F)c(F)c(F)c2F)cc1. The normalized spacial score (nSPS) is 14.4. The highest BCUT2D eigenvalue weighted by Gasteiger charge is 2.35. The van der Waals surface area contributed by atoms with Crippen LogP contribution >= 0.6 is 0 Å². The Morgan fingerprint density at radius 2 is 1.48 bits per heavy atom. The monoisotopic (exact) mass is 467 g/mol. The zero-order valence-electron chi connectivity index (χ0n) is 16.5. The fourth-order valence-electron chi connectivity index (χ4n) is 2.62. The lowest BCUT2D eigenvalue weighted by Crippen LogP contribution is -2.14. The molecule has 0 radical (unpaired) electrons. The minimum Gasteiger partial charge on any atom is -0.264 e. The van der Waals surface area contributed by atoms with Crippen LogP contribution in [0.2, 0.25) is 0 Å². The van der Waals surface area contributed by atoms with Gasteiger partial charge in [-0.15, -0.1) is 0 Å². The van der Waals surface area contributed by atoms with Gasteiger partial charge in [-0.2, -0.15) is 8.42 Å². The molecule has 0 heterocycles. The second-order valence-corrected chi connectivity index (χ2v) is 8.10. The molecule has 2 atom stereocenters. The third-order valence-corrected chi connectivity index (χ3v) is 5.75. The molecule has 31 heavy (non-hydrogen) atoms. The first-order valence-electron chi connectivity index (χ1n) is 8.86. The lowest BCUT2D eigenvalue weighted by molar-refractivity contribution is -0.293. The topological polar surface area (TPSA) is 85.2 Å². The van der Waals surface area contributed by atoms with E-state index in [-0.39, 0.29) is 11.6 Å². The van der Waals surface area contributed by atoms with Crippen molar-refractivity contribution in [1.82, 2.24) is 0 Å². The Kier molecular flexibility index (Phi) is 7.73. The summed E-state index contributed by atoms with van der Waals surface area (Å²) in [5.41, 5.74) is 0.851. The summed E-state index contributed by atoms with van der Waals surface area (Å²) in [5.74, 6) is -12.5. The highest BCUT2D eigenvalue weighted by Crippen LogP contribution is 2.29. The van der Waals surface area contributed by atoms with Gasteiger partial charge in [-0.3, -0.25) is 9.54 Å². The second kappa shape index (κ2) is 9.71. The number of hydrogen-bond acceptors (Lipinski definition) is 6. The summed E-state index contributed by atoms with van der Waals surface area (Å²) in [4.78, 5) is 2.34. The predicted octanol–water partition coefficient (Wildman–Crippen LogP) is 5.09. The van der Waals surface area contributed by atoms with Crippen LogP contribution in [0.1, 0.15) is 44.4 Å². The molecule has 0 fully saturated rings. The smallest absolute Gasteiger partial charge is 0.264 e. The van der Waals surface area contributed by atoms with Gasteiger partial charge in [0.15, 0.2) is 28.2 Å². The number of rotatable bonds is 8. The third-order valence-electron chi connectivity index (χ3n) is 4.62. The standard InChI is InChI=1S/C19H18F5NO5S/c1-4-9(2)18(29-26)12-7-5-11(6-8-12)10(3)25-30-31(27,28)19-16(23)14(21)13(20)15(22)17(19)24/h5-9,18,26H,4H2,1-3H3/b25-10-. The average Bonchev–Trinajstić information content (AvgIpc) is 2.75. The van der Waals surface area contributed by atoms with E-state index in [2.05, 4.69) is 14.3 Å². The Bertz CT molecular complexity index is 1060. The lowest BCUT2D eigenvalue weighted by Gasteiger charge is -2.20. The molecule has 0 aliphatic rings. The summed E-state index contributed by atoms with van der Waals surface area (Å²) < 4.78 is 95.3. The Morgan fingerprint density at radius 3 is 1.94 bits per heavy atom. The zero-order valence-corrected chi connectivity index (χ0v) is 17.3. The van der Waals surface area contributed by atoms with E-state index >= 15 is 0 Å². The number of oxime groups is 1. The zero-order chi connectivity index (χ0) is 23.5. The molecule has 6 nitrogen and oxygen atoms in total. The van der Waals surface area contributed by atoms with Crippen molar-refractivity contribution in [2.75, 3.05) is 0 Å². The summed E-state index contributed by atoms with van der Waals surface area (Å²) >= 11 is 0. The maximum absolute atomic E-state index is 13.7. The molecule has 1 N–H and O–H groups in total. The van der Waals surface area contributed by atoms with E-state index in [0.717, 1.165) is 6.42 Å². The largest absolute Gasteiger partial charge is 0.364 e. The van der Waals surface area contributed by atoms with Gasteiger partial charge < -0.3 is 0 Å². The second-order valence-electron chi connectivity index (χ2n) is 6.64. The van der Waals surface area contributed by atoms with Gasteiger partial charge in [0, 0.05) is 0 Å². The van der Waals surface area contributed by atoms with E-state index in [0.29, 0.717) is 11.1 Å². The van der Waals surface area contributed by atoms with Gasteiger partial charge >= 0.3 is 10.1 Å². The number of benzene rings is 2. The molecule has 2 rings (SSSR count). The molecule has 0 spiro atoms. The van der Waals surface area contributed by atoms with E-state index in [1.54, 1.807) is 12.1 Å². The van der Waals surface area contributed by atoms with Gasteiger partial charge in [0.1, 0.15) is 6.10 Å². The summed E-state index contributed by atoms with van der Waals surface area (Å²) in [6.07, 6.45) is 0.110. The maximum atomic E-state index is 13.7. The predicted molar refractivity (Wildman–Crippen MR) is 99.1 cm³/mol. The van der Waals surface area contributed by atoms with Crippen molar-refractivity contribution in [2.45, 2.75) is 38.2 Å². The van der Waals surface area contributed by atoms with Crippen LogP contribution in [-0.2, 0) is 19.3 Å². The van der Waals surface area contributed by atoms with Gasteiger partial charge in [-0.1, -0.05) is 49.7 Å². The van der Waals surface area contributed by atoms with E-state index in [1.807, 2.05) is 13.8 Å². The fraction of sp³-hybridized carbons (Fsp3) is 0.316. The first kappa shape index (κ1) is 24.7. The fourth-order valence-corrected chi connectivity index (χ4v) is 3.52. The minimum absolute atomic E-state index is 0.0135. The molecule has 0 amide bonds. The Labute approximate surface area is 175 Å². The van der Waals surface area contributed by atoms with Crippen molar-refractivity contribution in [1.29, 1.82) is 0 Å². The van der Waals surface area contributed by atoms with E-state index < -0.39 is 50.2 Å². The summed E-state index contributed by atoms with van der Waals surface area (Å²) in [5, 5.41) is 12.3. The van der Waals surface area contributed by atoms with Crippen molar-refractivity contribution < 1.29 is 44.8 Å². The number of hydrogen-bond donors (Lipinski definition) is 1. The Hall–Kier alpha value is -2.57. The van der Waals surface area contributed by atoms with E-state index in [4.69, 9.17) is 5.26 Å². The van der Waals surface area contributed by atoms with E-state index in [9.17, 15) is 30.4 Å². The Balaban J connectivity index is 2.32. The van der Waals surface area contributed by atoms with Crippen LogP contribution in [0.3, 0.4) is 0 Å². The van der Waals surface area contributed by atoms with Crippen LogP contribution in [0.4, 0.5) is 22.0 Å². The third kappa shape index (κ3) is 5.02. The number of nitrogens with zero attached hydrogens (tertiary/aromatic N) is 1. The molecule has 2 aromatic rings. The quantitative estimate of drug-likeness (QED) is 0.146. The Morgan fingerprint density at radius 1 is 1.00 bits per heavy atom. The maximum Gasteiger partial charge on any atom is 0.364 e. The van der Waals surface area contributed by atoms with Crippen molar-refractivity contribution in [3.05, 3.63) is 64.5 Å². The van der Waals surface area contributed by atoms with Gasteiger partial charge in [-0.25, -0.2) is 26.8 Å². The van der Waals surface area contributed by atoms with Crippen LogP contribution in [-0.4, -0.2) is 19.4 Å². The highest BCUT2D eigenvalue weighted by atomic mass is 32.2. The van der Waals surface area contributed by atoms with Gasteiger partial charge in [0.25, 0.3) is 0 Å². The van der Waals surface area contributed by atoms with E-state index in [1.165, 1.54) is 19.1 Å². The molecule has 170 valence electrons. The summed E-state index contributed by atoms with van der Waals surface area (Å²) in [6, 6.07) is 6.10. The van der Waals surface area contributed by atoms with Gasteiger partial charge in [0.2, 0.25) is 5.82 Å². The van der Waals surface area contributed by atoms with Gasteiger partial charge in [0.05, 0.1) is 5.71 Å².